The van der Waals surface area contributed by atoms with E-state index in [2.05, 4.69) is 10.6 Å². The van der Waals surface area contributed by atoms with Crippen molar-refractivity contribution in [1.29, 1.82) is 0 Å². The Kier molecular flexibility index (Phi) is 8.90. The minimum atomic E-state index is -1.45. The van der Waals surface area contributed by atoms with Crippen LogP contribution in [0, 0.1) is 5.92 Å². The second-order valence-corrected chi connectivity index (χ2v) is 13.2. The Bertz CT molecular complexity index is 1310. The summed E-state index contributed by atoms with van der Waals surface area (Å²) in [5, 5.41) is 15.4. The van der Waals surface area contributed by atoms with Crippen molar-refractivity contribution in [3.8, 4) is 0 Å². The van der Waals surface area contributed by atoms with Gasteiger partial charge >= 0.3 is 18.2 Å². The van der Waals surface area contributed by atoms with Gasteiger partial charge < -0.3 is 30.1 Å². The highest BCUT2D eigenvalue weighted by Gasteiger charge is 2.61. The Morgan fingerprint density at radius 1 is 1.07 bits per heavy atom. The van der Waals surface area contributed by atoms with Gasteiger partial charge in [0.2, 0.25) is 11.8 Å². The van der Waals surface area contributed by atoms with Crippen molar-refractivity contribution in [2.75, 3.05) is 6.54 Å². The van der Waals surface area contributed by atoms with Gasteiger partial charge in [-0.1, -0.05) is 49.3 Å². The molecule has 12 nitrogen and oxygen atoms in total. The zero-order valence-corrected chi connectivity index (χ0v) is 25.5. The van der Waals surface area contributed by atoms with Gasteiger partial charge in [-0.25, -0.2) is 14.4 Å². The predicted molar refractivity (Wildman–Crippen MR) is 158 cm³/mol. The third-order valence-corrected chi connectivity index (χ3v) is 8.68. The lowest BCUT2D eigenvalue weighted by molar-refractivity contribution is -0.145. The molecule has 0 aromatic heterocycles. The van der Waals surface area contributed by atoms with Crippen LogP contribution in [0.4, 0.5) is 9.59 Å². The molecular weight excluding hydrogens is 568 g/mol. The largest absolute Gasteiger partial charge is 0.479 e. The van der Waals surface area contributed by atoms with Crippen molar-refractivity contribution in [3.05, 3.63) is 47.5 Å². The molecule has 1 aliphatic carbocycles. The Morgan fingerprint density at radius 3 is 2.43 bits per heavy atom. The average Bonchev–Trinajstić information content (AvgIpc) is 3.27. The summed E-state index contributed by atoms with van der Waals surface area (Å²) in [5.41, 5.74) is -0.176. The molecule has 4 amide bonds. The number of hydrogen-bond donors (Lipinski definition) is 3. The van der Waals surface area contributed by atoms with E-state index in [1.807, 2.05) is 36.4 Å². The van der Waals surface area contributed by atoms with Crippen molar-refractivity contribution >= 4 is 30.0 Å². The predicted octanol–water partition coefficient (Wildman–Crippen LogP) is 3.48. The Hall–Kier alpha value is -4.09. The fraction of sp³-hybridized carbons (Fsp3) is 0.594. The van der Waals surface area contributed by atoms with Crippen molar-refractivity contribution in [1.82, 2.24) is 20.4 Å². The van der Waals surface area contributed by atoms with Crippen LogP contribution in [0.25, 0.3) is 0 Å². The molecule has 2 fully saturated rings. The maximum atomic E-state index is 14.0. The third kappa shape index (κ3) is 7.00. The fourth-order valence-electron chi connectivity index (χ4n) is 6.28. The summed E-state index contributed by atoms with van der Waals surface area (Å²) in [6.45, 7) is 5.89. The quantitative estimate of drug-likeness (QED) is 0.440. The molecule has 4 aliphatic rings. The summed E-state index contributed by atoms with van der Waals surface area (Å²) in [7, 11) is 0. The first-order valence-electron chi connectivity index (χ1n) is 15.4. The molecule has 1 saturated carbocycles. The number of nitrogens with one attached hydrogen (secondary N) is 2. The van der Waals surface area contributed by atoms with E-state index < -0.39 is 59.3 Å². The summed E-state index contributed by atoms with van der Waals surface area (Å²) in [4.78, 5) is 68.8. The van der Waals surface area contributed by atoms with Crippen LogP contribution in [-0.4, -0.2) is 80.7 Å². The van der Waals surface area contributed by atoms with Gasteiger partial charge in [-0.15, -0.1) is 0 Å². The molecule has 44 heavy (non-hydrogen) atoms. The highest BCUT2D eigenvalue weighted by Crippen LogP contribution is 2.45. The SMILES string of the molecule is CC(C)(C)OC(=O)N[C@@H]1CCCCCC=C[C@@H]2C[C@@]2(C(=O)O)NC(=O)[C@@H]2C[C@@H](OC(=O)N3Cc4ccccc4C3)CN2C1=O. The first-order valence-corrected chi connectivity index (χ1v) is 15.4. The van der Waals surface area contributed by atoms with Crippen LogP contribution in [0.15, 0.2) is 36.4 Å². The van der Waals surface area contributed by atoms with E-state index in [1.54, 1.807) is 25.7 Å². The third-order valence-electron chi connectivity index (χ3n) is 8.68. The fourth-order valence-corrected chi connectivity index (χ4v) is 6.28. The number of allylic oxidation sites excluding steroid dienone is 1. The number of carbonyl (C=O) groups is 5. The van der Waals surface area contributed by atoms with Gasteiger partial charge in [-0.3, -0.25) is 14.5 Å². The van der Waals surface area contributed by atoms with E-state index in [1.165, 1.54) is 4.90 Å². The molecule has 238 valence electrons. The zero-order valence-electron chi connectivity index (χ0n) is 25.5. The lowest BCUT2D eigenvalue weighted by Crippen LogP contribution is -2.56. The molecule has 0 radical (unpaired) electrons. The van der Waals surface area contributed by atoms with E-state index in [9.17, 15) is 29.1 Å². The molecule has 3 aliphatic heterocycles. The van der Waals surface area contributed by atoms with Crippen LogP contribution in [0.1, 0.15) is 76.8 Å². The Morgan fingerprint density at radius 2 is 1.77 bits per heavy atom. The Balaban J connectivity index is 1.37. The molecule has 5 rings (SSSR count). The number of ether oxygens (including phenoxy) is 2. The van der Waals surface area contributed by atoms with Gasteiger partial charge in [0, 0.05) is 25.4 Å². The molecule has 0 unspecified atom stereocenters. The second kappa shape index (κ2) is 12.5. The number of carboxylic acids is 1. The first-order chi connectivity index (χ1) is 20.9. The summed E-state index contributed by atoms with van der Waals surface area (Å²) in [6, 6.07) is 5.65. The van der Waals surface area contributed by atoms with Crippen LogP contribution in [0.3, 0.4) is 0 Å². The van der Waals surface area contributed by atoms with Crippen LogP contribution in [0.2, 0.25) is 0 Å². The average molecular weight is 611 g/mol. The second-order valence-electron chi connectivity index (χ2n) is 13.2. The maximum Gasteiger partial charge on any atom is 0.410 e. The number of hydrogen-bond acceptors (Lipinski definition) is 7. The normalized spacial score (nSPS) is 28.9. The lowest BCUT2D eigenvalue weighted by atomic mass is 10.0. The van der Waals surface area contributed by atoms with Crippen LogP contribution in [-0.2, 0) is 36.9 Å². The van der Waals surface area contributed by atoms with E-state index >= 15 is 0 Å². The number of fused-ring (bicyclic) bond motifs is 3. The molecule has 1 aromatic rings. The van der Waals surface area contributed by atoms with E-state index in [-0.39, 0.29) is 25.3 Å². The number of amides is 4. The van der Waals surface area contributed by atoms with E-state index in [0.29, 0.717) is 25.9 Å². The molecule has 3 N–H and O–H groups in total. The van der Waals surface area contributed by atoms with Gasteiger partial charge in [0.15, 0.2) is 0 Å². The van der Waals surface area contributed by atoms with Gasteiger partial charge in [0.1, 0.15) is 29.3 Å². The van der Waals surface area contributed by atoms with Gasteiger partial charge in [-0.05, 0) is 57.6 Å². The van der Waals surface area contributed by atoms with Crippen LogP contribution < -0.4 is 10.6 Å². The first kappa shape index (κ1) is 31.3. The molecule has 3 heterocycles. The highest BCUT2D eigenvalue weighted by atomic mass is 16.6. The summed E-state index contributed by atoms with van der Waals surface area (Å²) >= 11 is 0. The summed E-state index contributed by atoms with van der Waals surface area (Å²) < 4.78 is 11.2. The number of aliphatic carboxylic acids is 1. The number of carboxylic acid groups (broad SMARTS) is 1. The number of carbonyl (C=O) groups excluding carboxylic acids is 4. The van der Waals surface area contributed by atoms with Crippen molar-refractivity contribution in [2.24, 2.45) is 5.92 Å². The lowest BCUT2D eigenvalue weighted by Gasteiger charge is -2.30. The summed E-state index contributed by atoms with van der Waals surface area (Å²) in [6.07, 6.45) is 5.25. The molecule has 1 saturated heterocycles. The van der Waals surface area contributed by atoms with Crippen molar-refractivity contribution < 1.29 is 38.6 Å². The minimum absolute atomic E-state index is 0.000531. The van der Waals surface area contributed by atoms with E-state index in [4.69, 9.17) is 9.47 Å². The molecular formula is C32H42N4O8. The Labute approximate surface area is 257 Å². The number of rotatable bonds is 3. The number of benzene rings is 1. The highest BCUT2D eigenvalue weighted by molar-refractivity contribution is 5.96. The molecule has 0 spiro atoms. The number of alkyl carbamates (subject to hydrolysis) is 1. The van der Waals surface area contributed by atoms with Crippen molar-refractivity contribution in [2.45, 2.75) is 108 Å². The van der Waals surface area contributed by atoms with Crippen molar-refractivity contribution in [3.63, 3.8) is 0 Å². The van der Waals surface area contributed by atoms with Gasteiger partial charge in [0.05, 0.1) is 6.54 Å². The smallest absolute Gasteiger partial charge is 0.410 e. The van der Waals surface area contributed by atoms with Crippen LogP contribution >= 0.6 is 0 Å². The van der Waals surface area contributed by atoms with Gasteiger partial charge in [0.25, 0.3) is 0 Å². The van der Waals surface area contributed by atoms with E-state index in [0.717, 1.165) is 30.4 Å². The molecule has 5 atom stereocenters. The topological polar surface area (TPSA) is 155 Å². The summed E-state index contributed by atoms with van der Waals surface area (Å²) in [5.74, 6) is -2.63. The van der Waals surface area contributed by atoms with Gasteiger partial charge in [-0.2, -0.15) is 0 Å². The standard InChI is InChI=1S/C32H42N4O8/c1-31(2,3)44-29(41)33-24-14-8-6-4-5-7-13-22-16-32(22,28(39)40)34-26(37)25-15-23(19-36(25)27(24)38)43-30(42)35-17-20-11-9-10-12-21(20)18-35/h7,9-13,22-25H,4-6,8,14-19H2,1-3H3,(H,33,41)(H,34,37)(H,39,40)/t22-,23-,24-,25+,32-/m1/s1. The monoisotopic (exact) mass is 610 g/mol. The molecule has 0 bridgehead atoms. The maximum absolute atomic E-state index is 14.0. The molecule has 1 aromatic carbocycles. The number of nitrogens with zero attached hydrogens (tertiary/aromatic N) is 2. The zero-order chi connectivity index (χ0) is 31.6. The molecule has 12 heteroatoms. The minimum Gasteiger partial charge on any atom is -0.479 e. The van der Waals surface area contributed by atoms with Crippen LogP contribution in [0.5, 0.6) is 0 Å².